The summed E-state index contributed by atoms with van der Waals surface area (Å²) in [4.78, 5) is 35.9. The quantitative estimate of drug-likeness (QED) is 0.301. The standard InChI is InChI=1S/C22H20ClN5O4/c23-16-7-15(8-17(10-16)28-6-2-1-3-20(28)30)22(31)27-11-14-5-4-13(21(25)26)9-18(14)32-12-19(24)29/h1-10H,11-12H2,(H2,24,29)(H3,25,26)(H,27,31). The molecule has 0 fully saturated rings. The third-order valence-electron chi connectivity index (χ3n) is 4.43. The third kappa shape index (κ3) is 5.52. The molecule has 0 aliphatic carbocycles. The van der Waals surface area contributed by atoms with Crippen LogP contribution in [0.15, 0.2) is 65.6 Å². The summed E-state index contributed by atoms with van der Waals surface area (Å²) < 4.78 is 6.77. The van der Waals surface area contributed by atoms with Crippen LogP contribution in [0.1, 0.15) is 21.5 Å². The lowest BCUT2D eigenvalue weighted by atomic mass is 10.1. The molecule has 0 bridgehead atoms. The van der Waals surface area contributed by atoms with Crippen LogP contribution in [0.4, 0.5) is 0 Å². The van der Waals surface area contributed by atoms with Crippen molar-refractivity contribution in [2.24, 2.45) is 11.5 Å². The lowest BCUT2D eigenvalue weighted by Crippen LogP contribution is -2.25. The number of benzene rings is 2. The van der Waals surface area contributed by atoms with E-state index in [0.717, 1.165) is 0 Å². The second kappa shape index (κ2) is 9.80. The second-order valence-corrected chi connectivity index (χ2v) is 7.22. The van der Waals surface area contributed by atoms with Gasteiger partial charge in [0.05, 0.1) is 5.69 Å². The summed E-state index contributed by atoms with van der Waals surface area (Å²) in [7, 11) is 0. The van der Waals surface area contributed by atoms with Crippen LogP contribution in [-0.4, -0.2) is 28.8 Å². The molecule has 32 heavy (non-hydrogen) atoms. The molecule has 0 spiro atoms. The van der Waals surface area contributed by atoms with E-state index >= 15 is 0 Å². The van der Waals surface area contributed by atoms with Gasteiger partial charge in [0.1, 0.15) is 11.6 Å². The normalized spacial score (nSPS) is 10.4. The number of primary amides is 1. The number of nitrogens with one attached hydrogen (secondary N) is 2. The lowest BCUT2D eigenvalue weighted by Gasteiger charge is -2.14. The molecule has 0 saturated heterocycles. The minimum absolute atomic E-state index is 0.0538. The number of amidine groups is 1. The van der Waals surface area contributed by atoms with Crippen LogP contribution in [0.5, 0.6) is 5.75 Å². The van der Waals surface area contributed by atoms with Crippen LogP contribution < -0.4 is 27.1 Å². The first-order valence-corrected chi connectivity index (χ1v) is 9.77. The van der Waals surface area contributed by atoms with Gasteiger partial charge in [-0.15, -0.1) is 0 Å². The number of rotatable bonds is 8. The summed E-state index contributed by atoms with van der Waals surface area (Å²) in [6, 6.07) is 14.0. The summed E-state index contributed by atoms with van der Waals surface area (Å²) in [6.07, 6.45) is 1.58. The Morgan fingerprint density at radius 3 is 2.53 bits per heavy atom. The molecule has 0 aliphatic rings. The average molecular weight is 454 g/mol. The van der Waals surface area contributed by atoms with Gasteiger partial charge in [-0.2, -0.15) is 0 Å². The van der Waals surface area contributed by atoms with E-state index in [1.807, 2.05) is 0 Å². The van der Waals surface area contributed by atoms with Gasteiger partial charge < -0.3 is 21.5 Å². The number of halogens is 1. The highest BCUT2D eigenvalue weighted by Gasteiger charge is 2.13. The Morgan fingerprint density at radius 1 is 1.06 bits per heavy atom. The highest BCUT2D eigenvalue weighted by atomic mass is 35.5. The third-order valence-corrected chi connectivity index (χ3v) is 4.65. The number of amides is 2. The SMILES string of the molecule is N=C(N)c1ccc(CNC(=O)c2cc(Cl)cc(-n3ccccc3=O)c2)c(OCC(N)=O)c1. The van der Waals surface area contributed by atoms with Crippen LogP contribution in [-0.2, 0) is 11.3 Å². The Morgan fingerprint density at radius 2 is 1.84 bits per heavy atom. The fourth-order valence-corrected chi connectivity index (χ4v) is 3.14. The molecule has 0 saturated carbocycles. The van der Waals surface area contributed by atoms with Crippen LogP contribution in [0.3, 0.4) is 0 Å². The van der Waals surface area contributed by atoms with Crippen molar-refractivity contribution >= 4 is 29.3 Å². The number of aromatic nitrogens is 1. The van der Waals surface area contributed by atoms with E-state index in [1.54, 1.807) is 42.6 Å². The van der Waals surface area contributed by atoms with Crippen LogP contribution in [0.25, 0.3) is 5.69 Å². The van der Waals surface area contributed by atoms with Gasteiger partial charge in [0.15, 0.2) is 6.61 Å². The van der Waals surface area contributed by atoms with Crippen molar-refractivity contribution in [3.8, 4) is 11.4 Å². The van der Waals surface area contributed by atoms with Crippen LogP contribution in [0, 0.1) is 5.41 Å². The Bertz CT molecular complexity index is 1260. The maximum absolute atomic E-state index is 12.8. The fraction of sp³-hybridized carbons (Fsp3) is 0.0909. The van der Waals surface area contributed by atoms with E-state index in [0.29, 0.717) is 21.8 Å². The number of carbonyl (C=O) groups excluding carboxylic acids is 2. The molecule has 0 radical (unpaired) electrons. The molecular formula is C22H20ClN5O4. The van der Waals surface area contributed by atoms with Crippen molar-refractivity contribution in [3.63, 3.8) is 0 Å². The molecule has 0 unspecified atom stereocenters. The number of nitrogens with two attached hydrogens (primary N) is 2. The van der Waals surface area contributed by atoms with Crippen LogP contribution in [0.2, 0.25) is 5.02 Å². The minimum Gasteiger partial charge on any atom is -0.483 e. The molecule has 164 valence electrons. The van der Waals surface area contributed by atoms with E-state index in [1.165, 1.54) is 22.8 Å². The first kappa shape index (κ1) is 22.6. The zero-order valence-electron chi connectivity index (χ0n) is 16.8. The fourth-order valence-electron chi connectivity index (χ4n) is 2.91. The monoisotopic (exact) mass is 453 g/mol. The van der Waals surface area contributed by atoms with Crippen molar-refractivity contribution in [1.29, 1.82) is 5.41 Å². The Balaban J connectivity index is 1.83. The number of ether oxygens (including phenoxy) is 1. The molecule has 2 aromatic carbocycles. The molecule has 10 heteroatoms. The van der Waals surface area contributed by atoms with Crippen molar-refractivity contribution < 1.29 is 14.3 Å². The van der Waals surface area contributed by atoms with Crippen molar-refractivity contribution in [1.82, 2.24) is 9.88 Å². The predicted octanol–water partition coefficient (Wildman–Crippen LogP) is 1.57. The molecule has 2 amide bonds. The van der Waals surface area contributed by atoms with E-state index in [4.69, 9.17) is 33.2 Å². The molecule has 0 aliphatic heterocycles. The largest absolute Gasteiger partial charge is 0.483 e. The van der Waals surface area contributed by atoms with Crippen LogP contribution >= 0.6 is 11.6 Å². The number of hydrogen-bond acceptors (Lipinski definition) is 5. The van der Waals surface area contributed by atoms with E-state index in [9.17, 15) is 14.4 Å². The maximum atomic E-state index is 12.8. The van der Waals surface area contributed by atoms with Crippen molar-refractivity contribution in [2.45, 2.75) is 6.54 Å². The second-order valence-electron chi connectivity index (χ2n) is 6.78. The van der Waals surface area contributed by atoms with Gasteiger partial charge in [0.2, 0.25) is 0 Å². The summed E-state index contributed by atoms with van der Waals surface area (Å²) in [5.74, 6) is -1.02. The van der Waals surface area contributed by atoms with Gasteiger partial charge >= 0.3 is 0 Å². The molecule has 6 N–H and O–H groups in total. The average Bonchev–Trinajstić information content (AvgIpc) is 2.76. The van der Waals surface area contributed by atoms with Gasteiger partial charge in [-0.3, -0.25) is 24.4 Å². The van der Waals surface area contributed by atoms with Gasteiger partial charge in [-0.05, 0) is 30.3 Å². The number of nitrogens with zero attached hydrogens (tertiary/aromatic N) is 1. The first-order valence-electron chi connectivity index (χ1n) is 9.40. The summed E-state index contributed by atoms with van der Waals surface area (Å²) in [5, 5.41) is 10.6. The topological polar surface area (TPSA) is 153 Å². The minimum atomic E-state index is -0.671. The summed E-state index contributed by atoms with van der Waals surface area (Å²) >= 11 is 6.17. The molecule has 3 aromatic rings. The Hall–Kier alpha value is -4.11. The van der Waals surface area contributed by atoms with E-state index < -0.39 is 11.8 Å². The van der Waals surface area contributed by atoms with Gasteiger partial charge in [-0.25, -0.2) is 0 Å². The zero-order valence-corrected chi connectivity index (χ0v) is 17.6. The maximum Gasteiger partial charge on any atom is 0.255 e. The first-order chi connectivity index (χ1) is 15.2. The van der Waals surface area contributed by atoms with E-state index in [2.05, 4.69) is 5.32 Å². The molecule has 3 rings (SSSR count). The van der Waals surface area contributed by atoms with Crippen molar-refractivity contribution in [2.75, 3.05) is 6.61 Å². The number of carbonyl (C=O) groups is 2. The Labute approximate surface area is 188 Å². The molecular weight excluding hydrogens is 434 g/mol. The molecule has 1 aromatic heterocycles. The summed E-state index contributed by atoms with van der Waals surface area (Å²) in [5.41, 5.74) is 12.0. The smallest absolute Gasteiger partial charge is 0.255 e. The Kier molecular flexibility index (Phi) is 6.91. The highest BCUT2D eigenvalue weighted by Crippen LogP contribution is 2.22. The van der Waals surface area contributed by atoms with Crippen molar-refractivity contribution in [3.05, 3.63) is 92.9 Å². The number of nitrogen functional groups attached to an aromatic ring is 1. The molecule has 1 heterocycles. The zero-order chi connectivity index (χ0) is 23.3. The molecule has 0 atom stereocenters. The van der Waals surface area contributed by atoms with E-state index in [-0.39, 0.29) is 35.9 Å². The molecule has 9 nitrogen and oxygen atoms in total. The summed E-state index contributed by atoms with van der Waals surface area (Å²) in [6.45, 7) is -0.315. The lowest BCUT2D eigenvalue weighted by molar-refractivity contribution is -0.119. The van der Waals surface area contributed by atoms with Gasteiger partial charge in [-0.1, -0.05) is 29.8 Å². The predicted molar refractivity (Wildman–Crippen MR) is 120 cm³/mol. The van der Waals surface area contributed by atoms with Gasteiger partial charge in [0.25, 0.3) is 17.4 Å². The number of pyridine rings is 1. The van der Waals surface area contributed by atoms with Gasteiger partial charge in [0, 0.05) is 40.5 Å². The highest BCUT2D eigenvalue weighted by molar-refractivity contribution is 6.31. The number of hydrogen-bond donors (Lipinski definition) is 4.